The Morgan fingerprint density at radius 1 is 1.52 bits per heavy atom. The second kappa shape index (κ2) is 7.51. The Morgan fingerprint density at radius 2 is 2.33 bits per heavy atom. The van der Waals surface area contributed by atoms with Crippen LogP contribution in [-0.2, 0) is 9.47 Å². The third kappa shape index (κ3) is 4.01. The smallest absolute Gasteiger partial charge is 0.367 e. The molecule has 6 nitrogen and oxygen atoms in total. The van der Waals surface area contributed by atoms with Crippen LogP contribution in [0, 0.1) is 5.92 Å². The second-order valence-corrected chi connectivity index (χ2v) is 5.69. The Bertz CT molecular complexity index is 503. The second-order valence-electron chi connectivity index (χ2n) is 4.83. The van der Waals surface area contributed by atoms with E-state index in [1.807, 2.05) is 0 Å². The van der Waals surface area contributed by atoms with E-state index in [1.54, 1.807) is 12.3 Å². The molecule has 0 spiro atoms. The minimum atomic E-state index is -0.489. The van der Waals surface area contributed by atoms with Gasteiger partial charge in [-0.3, -0.25) is 4.79 Å². The van der Waals surface area contributed by atoms with E-state index >= 15 is 0 Å². The zero-order valence-corrected chi connectivity index (χ0v) is 13.1. The van der Waals surface area contributed by atoms with Crippen LogP contribution in [0.25, 0.3) is 0 Å². The minimum Gasteiger partial charge on any atom is -0.461 e. The largest absolute Gasteiger partial charge is 0.461 e. The van der Waals surface area contributed by atoms with E-state index in [2.05, 4.69) is 17.2 Å². The monoisotopic (exact) mass is 312 g/mol. The molecule has 2 unspecified atom stereocenters. The maximum atomic E-state index is 12.0. The molecule has 0 bridgehead atoms. The van der Waals surface area contributed by atoms with Gasteiger partial charge in [0.05, 0.1) is 12.7 Å². The lowest BCUT2D eigenvalue weighted by Crippen LogP contribution is -2.32. The van der Waals surface area contributed by atoms with Crippen LogP contribution in [0.15, 0.2) is 5.38 Å². The number of aromatic nitrogens is 1. The van der Waals surface area contributed by atoms with Crippen molar-refractivity contribution >= 4 is 23.2 Å². The number of amides is 1. The van der Waals surface area contributed by atoms with Crippen LogP contribution < -0.4 is 5.32 Å². The molecule has 7 heteroatoms. The van der Waals surface area contributed by atoms with Crippen molar-refractivity contribution in [3.63, 3.8) is 0 Å². The minimum absolute atomic E-state index is 0.206. The fourth-order valence-electron chi connectivity index (χ4n) is 2.36. The van der Waals surface area contributed by atoms with Crippen LogP contribution in [0.3, 0.4) is 0 Å². The van der Waals surface area contributed by atoms with Crippen LogP contribution in [-0.4, -0.2) is 42.7 Å². The normalized spacial score (nSPS) is 21.2. The van der Waals surface area contributed by atoms with Crippen LogP contribution in [0.2, 0.25) is 0 Å². The topological polar surface area (TPSA) is 77.5 Å². The van der Waals surface area contributed by atoms with Gasteiger partial charge < -0.3 is 14.8 Å². The molecule has 116 valence electrons. The summed E-state index contributed by atoms with van der Waals surface area (Å²) >= 11 is 1.12. The summed E-state index contributed by atoms with van der Waals surface area (Å²) in [6.45, 7) is 5.43. The number of hydrogen-bond donors (Lipinski definition) is 1. The van der Waals surface area contributed by atoms with Gasteiger partial charge in [0.1, 0.15) is 5.69 Å². The van der Waals surface area contributed by atoms with Crippen molar-refractivity contribution < 1.29 is 19.1 Å². The summed E-state index contributed by atoms with van der Waals surface area (Å²) in [5.41, 5.74) is 0.259. The molecule has 1 aliphatic heterocycles. The van der Waals surface area contributed by atoms with Gasteiger partial charge in [-0.2, -0.15) is 0 Å². The lowest BCUT2D eigenvalue weighted by molar-refractivity contribution is 0.0526. The molecule has 0 radical (unpaired) electrons. The zero-order chi connectivity index (χ0) is 15.2. The van der Waals surface area contributed by atoms with Gasteiger partial charge in [-0.15, -0.1) is 11.3 Å². The maximum Gasteiger partial charge on any atom is 0.367 e. The summed E-state index contributed by atoms with van der Waals surface area (Å²) in [7, 11) is 0. The molecular weight excluding hydrogens is 292 g/mol. The van der Waals surface area contributed by atoms with Crippen LogP contribution in [0.5, 0.6) is 0 Å². The number of nitrogens with zero attached hydrogens (tertiary/aromatic N) is 1. The Morgan fingerprint density at radius 3 is 3.05 bits per heavy atom. The quantitative estimate of drug-likeness (QED) is 0.811. The predicted molar refractivity (Wildman–Crippen MR) is 78.5 cm³/mol. The number of esters is 1. The average molecular weight is 312 g/mol. The van der Waals surface area contributed by atoms with E-state index in [1.165, 1.54) is 0 Å². The third-order valence-electron chi connectivity index (χ3n) is 3.46. The Balaban J connectivity index is 1.87. The van der Waals surface area contributed by atoms with Crippen molar-refractivity contribution in [1.82, 2.24) is 10.3 Å². The number of thiazole rings is 1. The van der Waals surface area contributed by atoms with Gasteiger partial charge in [0.2, 0.25) is 5.01 Å². The van der Waals surface area contributed by atoms with E-state index in [-0.39, 0.29) is 22.7 Å². The first-order valence-corrected chi connectivity index (χ1v) is 8.06. The molecule has 0 aromatic carbocycles. The molecule has 1 amide bonds. The SMILES string of the molecule is CCOC(=O)c1nc(C(=O)NCC2CCOC2CC)cs1. The first-order valence-electron chi connectivity index (χ1n) is 7.18. The highest BCUT2D eigenvalue weighted by molar-refractivity contribution is 7.11. The van der Waals surface area contributed by atoms with Crippen molar-refractivity contribution in [2.75, 3.05) is 19.8 Å². The molecule has 1 aliphatic rings. The zero-order valence-electron chi connectivity index (χ0n) is 12.3. The van der Waals surface area contributed by atoms with E-state index in [0.29, 0.717) is 19.1 Å². The maximum absolute atomic E-state index is 12.0. The summed E-state index contributed by atoms with van der Waals surface area (Å²) in [5.74, 6) is -0.401. The summed E-state index contributed by atoms with van der Waals surface area (Å²) < 4.78 is 10.4. The molecule has 0 saturated carbocycles. The van der Waals surface area contributed by atoms with Gasteiger partial charge >= 0.3 is 5.97 Å². The number of nitrogens with one attached hydrogen (secondary N) is 1. The molecule has 21 heavy (non-hydrogen) atoms. The van der Waals surface area contributed by atoms with E-state index < -0.39 is 5.97 Å². The summed E-state index contributed by atoms with van der Waals surface area (Å²) in [6, 6.07) is 0. The van der Waals surface area contributed by atoms with E-state index in [0.717, 1.165) is 30.8 Å². The first-order chi connectivity index (χ1) is 10.2. The fourth-order valence-corrected chi connectivity index (χ4v) is 3.05. The molecule has 1 aromatic rings. The van der Waals surface area contributed by atoms with Gasteiger partial charge in [0, 0.05) is 24.4 Å². The summed E-state index contributed by atoms with van der Waals surface area (Å²) in [6.07, 6.45) is 2.13. The van der Waals surface area contributed by atoms with Crippen molar-refractivity contribution in [2.45, 2.75) is 32.8 Å². The number of carbonyl (C=O) groups excluding carboxylic acids is 2. The number of hydrogen-bond acceptors (Lipinski definition) is 6. The fraction of sp³-hybridized carbons (Fsp3) is 0.643. The molecule has 1 fully saturated rings. The Hall–Kier alpha value is -1.47. The van der Waals surface area contributed by atoms with Crippen LogP contribution >= 0.6 is 11.3 Å². The highest BCUT2D eigenvalue weighted by atomic mass is 32.1. The van der Waals surface area contributed by atoms with E-state index in [4.69, 9.17) is 9.47 Å². The number of rotatable bonds is 6. The van der Waals surface area contributed by atoms with Gasteiger partial charge in [0.25, 0.3) is 5.91 Å². The highest BCUT2D eigenvalue weighted by Gasteiger charge is 2.27. The first kappa shape index (κ1) is 15.9. The van der Waals surface area contributed by atoms with Crippen LogP contribution in [0.1, 0.15) is 47.0 Å². The van der Waals surface area contributed by atoms with E-state index in [9.17, 15) is 9.59 Å². The van der Waals surface area contributed by atoms with Gasteiger partial charge in [0.15, 0.2) is 0 Å². The molecule has 1 N–H and O–H groups in total. The third-order valence-corrected chi connectivity index (χ3v) is 4.28. The lowest BCUT2D eigenvalue weighted by Gasteiger charge is -2.16. The van der Waals surface area contributed by atoms with Crippen LogP contribution in [0.4, 0.5) is 0 Å². The lowest BCUT2D eigenvalue weighted by atomic mass is 10.00. The Labute approximate surface area is 127 Å². The standard InChI is InChI=1S/C14H20N2O4S/c1-3-11-9(5-6-20-11)7-15-12(17)10-8-21-13(16-10)14(18)19-4-2/h8-9,11H,3-7H2,1-2H3,(H,15,17). The van der Waals surface area contributed by atoms with Crippen molar-refractivity contribution in [2.24, 2.45) is 5.92 Å². The van der Waals surface area contributed by atoms with Gasteiger partial charge in [-0.25, -0.2) is 9.78 Å². The molecular formula is C14H20N2O4S. The molecule has 0 aliphatic carbocycles. The number of ether oxygens (including phenoxy) is 2. The van der Waals surface area contributed by atoms with Gasteiger partial charge in [-0.05, 0) is 19.8 Å². The highest BCUT2D eigenvalue weighted by Crippen LogP contribution is 2.22. The van der Waals surface area contributed by atoms with Gasteiger partial charge in [-0.1, -0.05) is 6.92 Å². The Kier molecular flexibility index (Phi) is 5.69. The molecule has 2 heterocycles. The molecule has 1 saturated heterocycles. The molecule has 1 aromatic heterocycles. The average Bonchev–Trinajstić information content (AvgIpc) is 3.13. The predicted octanol–water partition coefficient (Wildman–Crippen LogP) is 1.86. The summed E-state index contributed by atoms with van der Waals surface area (Å²) in [5, 5.41) is 4.64. The molecule has 2 rings (SSSR count). The van der Waals surface area contributed by atoms with Crippen molar-refractivity contribution in [3.8, 4) is 0 Å². The number of carbonyl (C=O) groups is 2. The molecule has 2 atom stereocenters. The summed E-state index contributed by atoms with van der Waals surface area (Å²) in [4.78, 5) is 27.6. The van der Waals surface area contributed by atoms with Crippen molar-refractivity contribution in [3.05, 3.63) is 16.1 Å². The van der Waals surface area contributed by atoms with Crippen molar-refractivity contribution in [1.29, 1.82) is 0 Å².